The Morgan fingerprint density at radius 3 is 2.11 bits per heavy atom. The van der Waals surface area contributed by atoms with Crippen molar-refractivity contribution in [2.75, 3.05) is 0 Å². The summed E-state index contributed by atoms with van der Waals surface area (Å²) in [6, 6.07) is 53.5. The number of fused-ring (bicyclic) bond motifs is 11. The van der Waals surface area contributed by atoms with Crippen LogP contribution < -0.4 is 0 Å². The van der Waals surface area contributed by atoms with Crippen molar-refractivity contribution >= 4 is 93.0 Å². The lowest BCUT2D eigenvalue weighted by Gasteiger charge is -2.13. The van der Waals surface area contributed by atoms with E-state index in [9.17, 15) is 5.41 Å². The SMILES string of the molecule is N=C(N=C(C1=CCCC=C1)c1ccc2c(c1)c1cc3nc(-c4ccccc4)sc3c3c4ccccc4n2c13)c1ccc2c(c1)c1ccccc1n2-c1ccccc1. The number of hydrogen-bond acceptors (Lipinski definition) is 3. The molecule has 1 N–H and O–H groups in total. The summed E-state index contributed by atoms with van der Waals surface area (Å²) in [5, 5.41) is 17.6. The molecule has 4 aromatic heterocycles. The standard InChI is InChI=1S/C51H33N5S/c52-50(34-25-27-44-38(29-34)36-20-10-12-22-42(36)55(44)35-18-8-3-9-19-35)54-47(31-14-4-1-5-15-31)33-24-26-45-39(28-33)40-30-41-49(57-51(53-41)32-16-6-2-7-17-32)46-37-21-11-13-23-43(37)56(45)48(40)46/h2-4,6-30,52H,1,5H2. The summed E-state index contributed by atoms with van der Waals surface area (Å²) < 4.78 is 5.95. The van der Waals surface area contributed by atoms with Gasteiger partial charge >= 0.3 is 0 Å². The Hall–Kier alpha value is -7.15. The van der Waals surface area contributed by atoms with Crippen LogP contribution in [-0.2, 0) is 0 Å². The van der Waals surface area contributed by atoms with Crippen molar-refractivity contribution < 1.29 is 0 Å². The summed E-state index contributed by atoms with van der Waals surface area (Å²) in [4.78, 5) is 10.4. The van der Waals surface area contributed by atoms with Gasteiger partial charge in [-0.2, -0.15) is 0 Å². The first-order chi connectivity index (χ1) is 28.2. The van der Waals surface area contributed by atoms with Gasteiger partial charge in [-0.1, -0.05) is 109 Å². The maximum absolute atomic E-state index is 9.51. The predicted molar refractivity (Wildman–Crippen MR) is 240 cm³/mol. The maximum atomic E-state index is 9.51. The van der Waals surface area contributed by atoms with Crippen molar-refractivity contribution in [2.24, 2.45) is 4.99 Å². The van der Waals surface area contributed by atoms with Crippen LogP contribution in [0.4, 0.5) is 0 Å². The van der Waals surface area contributed by atoms with E-state index in [0.29, 0.717) is 0 Å². The highest BCUT2D eigenvalue weighted by Crippen LogP contribution is 2.46. The third-order valence-electron chi connectivity index (χ3n) is 11.6. The molecule has 1 aliphatic carbocycles. The fourth-order valence-electron chi connectivity index (χ4n) is 9.03. The van der Waals surface area contributed by atoms with Crippen molar-refractivity contribution in [1.29, 1.82) is 5.41 Å². The highest BCUT2D eigenvalue weighted by molar-refractivity contribution is 7.22. The number of benzene rings is 7. The van der Waals surface area contributed by atoms with E-state index in [1.807, 2.05) is 12.1 Å². The van der Waals surface area contributed by atoms with Crippen LogP contribution in [-0.4, -0.2) is 25.5 Å². The van der Waals surface area contributed by atoms with E-state index in [1.165, 1.54) is 31.9 Å². The van der Waals surface area contributed by atoms with E-state index in [2.05, 4.69) is 167 Å². The Kier molecular flexibility index (Phi) is 7.01. The van der Waals surface area contributed by atoms with Gasteiger partial charge in [0, 0.05) is 54.7 Å². The molecule has 0 saturated carbocycles. The van der Waals surface area contributed by atoms with Crippen LogP contribution in [0.3, 0.4) is 0 Å². The second-order valence-electron chi connectivity index (χ2n) is 14.8. The summed E-state index contributed by atoms with van der Waals surface area (Å²) in [7, 11) is 0. The summed E-state index contributed by atoms with van der Waals surface area (Å²) in [5.74, 6) is 0.237. The molecular formula is C51H33N5S. The van der Waals surface area contributed by atoms with Gasteiger partial charge < -0.3 is 8.97 Å². The molecule has 4 heterocycles. The van der Waals surface area contributed by atoms with Crippen molar-refractivity contribution in [3.8, 4) is 16.3 Å². The highest BCUT2D eigenvalue weighted by atomic mass is 32.1. The molecule has 0 spiro atoms. The first kappa shape index (κ1) is 32.1. The van der Waals surface area contributed by atoms with Crippen LogP contribution in [0.15, 0.2) is 180 Å². The largest absolute Gasteiger partial charge is 0.309 e. The lowest BCUT2D eigenvalue weighted by atomic mass is 9.95. The van der Waals surface area contributed by atoms with E-state index >= 15 is 0 Å². The second-order valence-corrected chi connectivity index (χ2v) is 15.8. The topological polar surface area (TPSA) is 58.4 Å². The van der Waals surface area contributed by atoms with Crippen LogP contribution in [0.1, 0.15) is 24.0 Å². The minimum absolute atomic E-state index is 0.237. The lowest BCUT2D eigenvalue weighted by molar-refractivity contribution is 1.03. The monoisotopic (exact) mass is 747 g/mol. The Morgan fingerprint density at radius 1 is 0.614 bits per heavy atom. The number of rotatable bonds is 5. The average Bonchev–Trinajstić information content (AvgIpc) is 4.03. The summed E-state index contributed by atoms with van der Waals surface area (Å²) in [5.41, 5.74) is 12.7. The minimum atomic E-state index is 0.237. The van der Waals surface area contributed by atoms with Gasteiger partial charge in [0.2, 0.25) is 0 Å². The molecule has 0 aliphatic heterocycles. The highest BCUT2D eigenvalue weighted by Gasteiger charge is 2.23. The zero-order valence-corrected chi connectivity index (χ0v) is 31.6. The molecule has 1 aliphatic rings. The molecule has 0 unspecified atom stereocenters. The number of hydrogen-bond donors (Lipinski definition) is 1. The van der Waals surface area contributed by atoms with E-state index < -0.39 is 0 Å². The molecular weight excluding hydrogens is 715 g/mol. The van der Waals surface area contributed by atoms with Crippen molar-refractivity contribution in [3.63, 3.8) is 0 Å². The second kappa shape index (κ2) is 12.4. The molecule has 5 nitrogen and oxygen atoms in total. The maximum Gasteiger partial charge on any atom is 0.152 e. The molecule has 11 aromatic rings. The van der Waals surface area contributed by atoms with Crippen LogP contribution in [0.2, 0.25) is 0 Å². The molecule has 0 bridgehead atoms. The Labute approximate surface area is 331 Å². The lowest BCUT2D eigenvalue weighted by Crippen LogP contribution is -2.09. The number of amidine groups is 1. The van der Waals surface area contributed by atoms with E-state index in [0.717, 1.165) is 89.7 Å². The smallest absolute Gasteiger partial charge is 0.152 e. The zero-order chi connectivity index (χ0) is 37.6. The van der Waals surface area contributed by atoms with Crippen molar-refractivity contribution in [3.05, 3.63) is 187 Å². The van der Waals surface area contributed by atoms with Gasteiger partial charge in [-0.15, -0.1) is 11.3 Å². The molecule has 0 fully saturated rings. The summed E-state index contributed by atoms with van der Waals surface area (Å²) >= 11 is 1.77. The van der Waals surface area contributed by atoms with Gasteiger partial charge in [-0.3, -0.25) is 5.41 Å². The van der Waals surface area contributed by atoms with Gasteiger partial charge in [0.25, 0.3) is 0 Å². The summed E-state index contributed by atoms with van der Waals surface area (Å²) in [6.45, 7) is 0. The average molecular weight is 748 g/mol. The number of aromatic nitrogens is 3. The van der Waals surface area contributed by atoms with E-state index in [1.54, 1.807) is 11.3 Å². The van der Waals surface area contributed by atoms with Gasteiger partial charge in [0.05, 0.1) is 43.5 Å². The molecule has 268 valence electrons. The zero-order valence-electron chi connectivity index (χ0n) is 30.8. The van der Waals surface area contributed by atoms with E-state index in [-0.39, 0.29) is 5.84 Å². The molecule has 0 radical (unpaired) electrons. The van der Waals surface area contributed by atoms with Crippen molar-refractivity contribution in [2.45, 2.75) is 12.8 Å². The van der Waals surface area contributed by atoms with Crippen LogP contribution in [0.25, 0.3) is 86.4 Å². The normalized spacial score (nSPS) is 13.7. The fraction of sp³-hybridized carbons (Fsp3) is 0.0392. The molecule has 7 aromatic carbocycles. The van der Waals surface area contributed by atoms with Crippen LogP contribution in [0.5, 0.6) is 0 Å². The van der Waals surface area contributed by atoms with Gasteiger partial charge in [-0.05, 0) is 79.1 Å². The first-order valence-corrected chi connectivity index (χ1v) is 20.2. The number of aliphatic imine (C=N–C) groups is 1. The predicted octanol–water partition coefficient (Wildman–Crippen LogP) is 13.3. The molecule has 6 heteroatoms. The molecule has 0 saturated heterocycles. The van der Waals surface area contributed by atoms with Crippen LogP contribution >= 0.6 is 11.3 Å². The number of para-hydroxylation sites is 3. The van der Waals surface area contributed by atoms with E-state index in [4.69, 9.17) is 9.98 Å². The number of allylic oxidation sites excluding steroid dienone is 4. The third-order valence-corrected chi connectivity index (χ3v) is 12.7. The minimum Gasteiger partial charge on any atom is -0.309 e. The molecule has 12 rings (SSSR count). The van der Waals surface area contributed by atoms with Crippen LogP contribution in [0, 0.1) is 5.41 Å². The molecule has 0 amide bonds. The Bertz CT molecular complexity index is 3520. The number of nitrogens with one attached hydrogen (secondary N) is 1. The Morgan fingerprint density at radius 2 is 1.28 bits per heavy atom. The third kappa shape index (κ3) is 4.84. The number of thiazole rings is 1. The Balaban J connectivity index is 1.05. The first-order valence-electron chi connectivity index (χ1n) is 19.4. The fourth-order valence-corrected chi connectivity index (χ4v) is 10.1. The molecule has 0 atom stereocenters. The van der Waals surface area contributed by atoms with Crippen molar-refractivity contribution in [1.82, 2.24) is 14.0 Å². The van der Waals surface area contributed by atoms with Gasteiger partial charge in [0.1, 0.15) is 5.01 Å². The van der Waals surface area contributed by atoms with Gasteiger partial charge in [0.15, 0.2) is 5.84 Å². The molecule has 57 heavy (non-hydrogen) atoms. The number of nitrogens with zero attached hydrogens (tertiary/aromatic N) is 4. The quantitative estimate of drug-likeness (QED) is 0.138. The summed E-state index contributed by atoms with van der Waals surface area (Å²) in [6.07, 6.45) is 8.59. The van der Waals surface area contributed by atoms with Gasteiger partial charge in [-0.25, -0.2) is 9.98 Å².